The number of benzene rings is 1. The molecule has 26 heavy (non-hydrogen) atoms. The van der Waals surface area contributed by atoms with Gasteiger partial charge in [0, 0.05) is 50.6 Å². The molecule has 6 nitrogen and oxygen atoms in total. The Morgan fingerprint density at radius 1 is 1.27 bits per heavy atom. The van der Waals surface area contributed by atoms with Crippen molar-refractivity contribution in [2.45, 2.75) is 39.2 Å². The van der Waals surface area contributed by atoms with E-state index in [1.54, 1.807) is 4.90 Å². The number of hydrogen-bond acceptors (Lipinski definition) is 4. The van der Waals surface area contributed by atoms with E-state index in [2.05, 4.69) is 24.1 Å². The number of rotatable bonds is 7. The third-order valence-electron chi connectivity index (χ3n) is 5.30. The van der Waals surface area contributed by atoms with Crippen LogP contribution in [0.4, 0.5) is 11.4 Å². The van der Waals surface area contributed by atoms with Crippen molar-refractivity contribution in [1.82, 2.24) is 4.90 Å². The SMILES string of the molecule is CCN(CC)c1ccc(NC(=O)C2CC(=O)N(CC3CCCO3)C2)cc1. The third-order valence-corrected chi connectivity index (χ3v) is 5.30. The maximum atomic E-state index is 12.5. The number of nitrogens with zero attached hydrogens (tertiary/aromatic N) is 2. The lowest BCUT2D eigenvalue weighted by Crippen LogP contribution is -2.34. The molecule has 1 aromatic rings. The first-order valence-electron chi connectivity index (χ1n) is 9.66. The molecule has 2 aliphatic rings. The molecule has 1 N–H and O–H groups in total. The third kappa shape index (κ3) is 4.36. The van der Waals surface area contributed by atoms with Crippen LogP contribution in [-0.4, -0.2) is 55.6 Å². The van der Waals surface area contributed by atoms with E-state index in [9.17, 15) is 9.59 Å². The van der Waals surface area contributed by atoms with Crippen LogP contribution in [0.25, 0.3) is 0 Å². The largest absolute Gasteiger partial charge is 0.376 e. The van der Waals surface area contributed by atoms with Gasteiger partial charge in [-0.05, 0) is 51.0 Å². The zero-order valence-electron chi connectivity index (χ0n) is 15.7. The summed E-state index contributed by atoms with van der Waals surface area (Å²) in [5.41, 5.74) is 1.92. The van der Waals surface area contributed by atoms with Gasteiger partial charge in [-0.2, -0.15) is 0 Å². The van der Waals surface area contributed by atoms with Crippen molar-refractivity contribution in [2.24, 2.45) is 5.92 Å². The van der Waals surface area contributed by atoms with E-state index in [-0.39, 0.29) is 30.3 Å². The van der Waals surface area contributed by atoms with Crippen molar-refractivity contribution in [1.29, 1.82) is 0 Å². The van der Waals surface area contributed by atoms with Crippen molar-refractivity contribution in [3.63, 3.8) is 0 Å². The minimum Gasteiger partial charge on any atom is -0.376 e. The molecule has 3 rings (SSSR count). The van der Waals surface area contributed by atoms with Gasteiger partial charge in [-0.25, -0.2) is 0 Å². The number of likely N-dealkylation sites (tertiary alicyclic amines) is 1. The number of carbonyl (C=O) groups excluding carboxylic acids is 2. The fraction of sp³-hybridized carbons (Fsp3) is 0.600. The Balaban J connectivity index is 1.54. The molecule has 2 unspecified atom stereocenters. The molecule has 2 atom stereocenters. The fourth-order valence-corrected chi connectivity index (χ4v) is 3.75. The van der Waals surface area contributed by atoms with Gasteiger partial charge in [-0.3, -0.25) is 9.59 Å². The first-order valence-corrected chi connectivity index (χ1v) is 9.66. The molecule has 0 aromatic heterocycles. The Kier molecular flexibility index (Phi) is 6.14. The van der Waals surface area contributed by atoms with Crippen LogP contribution in [0.3, 0.4) is 0 Å². The summed E-state index contributed by atoms with van der Waals surface area (Å²) in [6, 6.07) is 7.89. The van der Waals surface area contributed by atoms with Crippen LogP contribution in [-0.2, 0) is 14.3 Å². The lowest BCUT2D eigenvalue weighted by Gasteiger charge is -2.21. The van der Waals surface area contributed by atoms with Crippen LogP contribution in [0.5, 0.6) is 0 Å². The number of anilines is 2. The van der Waals surface area contributed by atoms with E-state index in [1.807, 2.05) is 24.3 Å². The number of hydrogen-bond donors (Lipinski definition) is 1. The zero-order chi connectivity index (χ0) is 18.5. The quantitative estimate of drug-likeness (QED) is 0.813. The van der Waals surface area contributed by atoms with Crippen molar-refractivity contribution in [2.75, 3.05) is 43.0 Å². The Hall–Kier alpha value is -2.08. The standard InChI is InChI=1S/C20H29N3O3/c1-3-22(4-2)17-9-7-16(8-10-17)21-20(25)15-12-19(24)23(13-15)14-18-6-5-11-26-18/h7-10,15,18H,3-6,11-14H2,1-2H3,(H,21,25). The highest BCUT2D eigenvalue weighted by atomic mass is 16.5. The summed E-state index contributed by atoms with van der Waals surface area (Å²) in [5, 5.41) is 2.95. The average molecular weight is 359 g/mol. The summed E-state index contributed by atoms with van der Waals surface area (Å²) in [4.78, 5) is 28.8. The fourth-order valence-electron chi connectivity index (χ4n) is 3.75. The molecule has 2 heterocycles. The lowest BCUT2D eigenvalue weighted by molar-refractivity contribution is -0.129. The van der Waals surface area contributed by atoms with E-state index in [0.29, 0.717) is 13.1 Å². The molecule has 0 aliphatic carbocycles. The van der Waals surface area contributed by atoms with Gasteiger partial charge in [0.1, 0.15) is 0 Å². The highest BCUT2D eigenvalue weighted by Gasteiger charge is 2.35. The van der Waals surface area contributed by atoms with E-state index in [0.717, 1.165) is 43.9 Å². The molecular weight excluding hydrogens is 330 g/mol. The Bertz CT molecular complexity index is 622. The topological polar surface area (TPSA) is 61.9 Å². The lowest BCUT2D eigenvalue weighted by atomic mass is 10.1. The van der Waals surface area contributed by atoms with Gasteiger partial charge >= 0.3 is 0 Å². The van der Waals surface area contributed by atoms with Gasteiger partial charge < -0.3 is 19.9 Å². The Morgan fingerprint density at radius 3 is 2.62 bits per heavy atom. The minimum atomic E-state index is -0.286. The van der Waals surface area contributed by atoms with Crippen LogP contribution < -0.4 is 10.2 Å². The molecule has 2 fully saturated rings. The number of ether oxygens (including phenoxy) is 1. The molecule has 2 amide bonds. The molecule has 2 saturated heterocycles. The van der Waals surface area contributed by atoms with E-state index in [4.69, 9.17) is 4.74 Å². The summed E-state index contributed by atoms with van der Waals surface area (Å²) >= 11 is 0. The first-order chi connectivity index (χ1) is 12.6. The van der Waals surface area contributed by atoms with Crippen LogP contribution in [0.1, 0.15) is 33.1 Å². The highest BCUT2D eigenvalue weighted by Crippen LogP contribution is 2.23. The minimum absolute atomic E-state index is 0.0533. The Labute approximate surface area is 155 Å². The summed E-state index contributed by atoms with van der Waals surface area (Å²) < 4.78 is 5.61. The van der Waals surface area contributed by atoms with E-state index in [1.165, 1.54) is 0 Å². The van der Waals surface area contributed by atoms with Crippen molar-refractivity contribution < 1.29 is 14.3 Å². The zero-order valence-corrected chi connectivity index (χ0v) is 15.7. The first kappa shape index (κ1) is 18.7. The average Bonchev–Trinajstić information content (AvgIpc) is 3.28. The molecule has 0 bridgehead atoms. The van der Waals surface area contributed by atoms with E-state index >= 15 is 0 Å². The van der Waals surface area contributed by atoms with Gasteiger partial charge in [0.2, 0.25) is 11.8 Å². The van der Waals surface area contributed by atoms with Gasteiger partial charge in [0.15, 0.2) is 0 Å². The second-order valence-corrected chi connectivity index (χ2v) is 7.04. The van der Waals surface area contributed by atoms with Crippen molar-refractivity contribution >= 4 is 23.2 Å². The number of nitrogens with one attached hydrogen (secondary N) is 1. The van der Waals surface area contributed by atoms with Gasteiger partial charge in [0.25, 0.3) is 0 Å². The molecule has 142 valence electrons. The smallest absolute Gasteiger partial charge is 0.229 e. The van der Waals surface area contributed by atoms with Gasteiger partial charge in [-0.1, -0.05) is 0 Å². The van der Waals surface area contributed by atoms with Gasteiger partial charge in [-0.15, -0.1) is 0 Å². The summed E-state index contributed by atoms with van der Waals surface area (Å²) in [6.07, 6.45) is 2.48. The van der Waals surface area contributed by atoms with Crippen LogP contribution in [0.2, 0.25) is 0 Å². The highest BCUT2D eigenvalue weighted by molar-refractivity contribution is 5.97. The summed E-state index contributed by atoms with van der Waals surface area (Å²) in [7, 11) is 0. The molecular formula is C20H29N3O3. The maximum absolute atomic E-state index is 12.5. The van der Waals surface area contributed by atoms with E-state index < -0.39 is 0 Å². The second-order valence-electron chi connectivity index (χ2n) is 7.04. The van der Waals surface area contributed by atoms with Crippen LogP contribution in [0, 0.1) is 5.92 Å². The molecule has 0 radical (unpaired) electrons. The summed E-state index contributed by atoms with van der Waals surface area (Å²) in [5.74, 6) is -0.312. The van der Waals surface area contributed by atoms with Crippen molar-refractivity contribution in [3.8, 4) is 0 Å². The van der Waals surface area contributed by atoms with Crippen LogP contribution in [0.15, 0.2) is 24.3 Å². The summed E-state index contributed by atoms with van der Waals surface area (Å²) in [6.45, 7) is 8.03. The maximum Gasteiger partial charge on any atom is 0.229 e. The van der Waals surface area contributed by atoms with Crippen molar-refractivity contribution in [3.05, 3.63) is 24.3 Å². The normalized spacial score (nSPS) is 22.7. The molecule has 0 spiro atoms. The monoisotopic (exact) mass is 359 g/mol. The number of carbonyl (C=O) groups is 2. The molecule has 0 saturated carbocycles. The molecule has 6 heteroatoms. The predicted molar refractivity (Wildman–Crippen MR) is 102 cm³/mol. The molecule has 2 aliphatic heterocycles. The Morgan fingerprint density at radius 2 is 2.00 bits per heavy atom. The van der Waals surface area contributed by atoms with Gasteiger partial charge in [0.05, 0.1) is 12.0 Å². The molecule has 1 aromatic carbocycles. The second kappa shape index (κ2) is 8.54. The predicted octanol–water partition coefficient (Wildman–Crippen LogP) is 2.50. The number of amides is 2. The van der Waals surface area contributed by atoms with Crippen LogP contribution >= 0.6 is 0 Å².